The zero-order chi connectivity index (χ0) is 9.97. The maximum Gasteiger partial charge on any atom is 0.0428 e. The van der Waals surface area contributed by atoms with Crippen molar-refractivity contribution in [1.29, 1.82) is 0 Å². The Morgan fingerprint density at radius 1 is 1.27 bits per heavy atom. The number of hydrogen-bond acceptors (Lipinski definition) is 1. The normalized spacial score (nSPS) is 18.5. The molecule has 0 bridgehead atoms. The summed E-state index contributed by atoms with van der Waals surface area (Å²) < 4.78 is 0. The third-order valence-electron chi connectivity index (χ3n) is 2.70. The van der Waals surface area contributed by atoms with Gasteiger partial charge in [-0.3, -0.25) is 0 Å². The highest BCUT2D eigenvalue weighted by Gasteiger charge is 2.26. The van der Waals surface area contributed by atoms with Crippen molar-refractivity contribution < 1.29 is 0 Å². The average molecular weight is 400 g/mol. The molecule has 1 aliphatic heterocycles. The van der Waals surface area contributed by atoms with Gasteiger partial charge in [0.25, 0.3) is 0 Å². The van der Waals surface area contributed by atoms with Crippen LogP contribution in [0.3, 0.4) is 0 Å². The minimum atomic E-state index is 0. The predicted octanol–water partition coefficient (Wildman–Crippen LogP) is 3.79. The molecule has 0 fully saturated rings. The van der Waals surface area contributed by atoms with Gasteiger partial charge in [-0.2, -0.15) is 0 Å². The fourth-order valence-corrected chi connectivity index (χ4v) is 3.02. The van der Waals surface area contributed by atoms with Gasteiger partial charge in [0.15, 0.2) is 0 Å². The van der Waals surface area contributed by atoms with E-state index in [-0.39, 0.29) is 17.0 Å². The summed E-state index contributed by atoms with van der Waals surface area (Å²) in [4.78, 5) is 2.48. The van der Waals surface area contributed by atoms with Crippen molar-refractivity contribution in [3.8, 4) is 0 Å². The van der Waals surface area contributed by atoms with Crippen LogP contribution in [0, 0.1) is 0 Å². The van der Waals surface area contributed by atoms with Gasteiger partial charge in [0.1, 0.15) is 0 Å². The third kappa shape index (κ3) is 2.77. The summed E-state index contributed by atoms with van der Waals surface area (Å²) in [7, 11) is 0. The van der Waals surface area contributed by atoms with Gasteiger partial charge in [-0.25, -0.2) is 0 Å². The van der Waals surface area contributed by atoms with Crippen LogP contribution in [0.2, 0.25) is 0 Å². The fraction of sp³-hybridized carbons (Fsp3) is 0.455. The summed E-state index contributed by atoms with van der Waals surface area (Å²) in [6, 6.07) is 9.34. The first-order chi connectivity index (χ1) is 6.86. The van der Waals surface area contributed by atoms with E-state index >= 15 is 0 Å². The van der Waals surface area contributed by atoms with E-state index in [0.717, 1.165) is 17.2 Å². The molecule has 4 heteroatoms. The Bertz CT molecular complexity index is 316. The van der Waals surface area contributed by atoms with Crippen molar-refractivity contribution in [3.05, 3.63) is 29.8 Å². The van der Waals surface area contributed by atoms with E-state index in [1.54, 1.807) is 0 Å². The second kappa shape index (κ2) is 6.26. The van der Waals surface area contributed by atoms with Crippen molar-refractivity contribution in [2.45, 2.75) is 12.5 Å². The zero-order valence-electron chi connectivity index (χ0n) is 8.33. The smallest absolute Gasteiger partial charge is 0.0428 e. The average Bonchev–Trinajstić information content (AvgIpc) is 2.58. The fourth-order valence-electron chi connectivity index (χ4n) is 2.06. The first kappa shape index (κ1) is 13.5. The standard InChI is InChI=1S/C11H13Br2N.BrH/c12-5-6-14-10(8-13)7-9-3-1-2-4-11(9)14;/h1-4,10H,5-8H2;1H. The molecule has 2 rings (SSSR count). The van der Waals surface area contributed by atoms with Crippen molar-refractivity contribution in [1.82, 2.24) is 0 Å². The second-order valence-electron chi connectivity index (χ2n) is 3.52. The van der Waals surface area contributed by atoms with Crippen molar-refractivity contribution in [3.63, 3.8) is 0 Å². The molecule has 1 atom stereocenters. The molecule has 0 aliphatic carbocycles. The Balaban J connectivity index is 0.00000112. The van der Waals surface area contributed by atoms with Gasteiger partial charge in [0.05, 0.1) is 0 Å². The van der Waals surface area contributed by atoms with E-state index in [1.807, 2.05) is 0 Å². The molecule has 1 aromatic carbocycles. The first-order valence-electron chi connectivity index (χ1n) is 4.83. The van der Waals surface area contributed by atoms with E-state index in [4.69, 9.17) is 0 Å². The number of rotatable bonds is 3. The van der Waals surface area contributed by atoms with Crippen LogP contribution >= 0.6 is 48.8 Å². The Morgan fingerprint density at radius 3 is 2.67 bits per heavy atom. The van der Waals surface area contributed by atoms with Crippen LogP contribution in [0.15, 0.2) is 24.3 Å². The lowest BCUT2D eigenvalue weighted by atomic mass is 10.1. The van der Waals surface area contributed by atoms with Crippen molar-refractivity contribution in [2.24, 2.45) is 0 Å². The molecule has 84 valence electrons. The molecule has 0 radical (unpaired) electrons. The predicted molar refractivity (Wildman–Crippen MR) is 79.2 cm³/mol. The maximum absolute atomic E-state index is 3.59. The summed E-state index contributed by atoms with van der Waals surface area (Å²) in [5.74, 6) is 0. The largest absolute Gasteiger partial charge is 0.366 e. The summed E-state index contributed by atoms with van der Waals surface area (Å²) >= 11 is 7.10. The van der Waals surface area contributed by atoms with E-state index in [1.165, 1.54) is 17.7 Å². The molecule has 0 saturated carbocycles. The minimum Gasteiger partial charge on any atom is -0.366 e. The Hall–Kier alpha value is 0.460. The van der Waals surface area contributed by atoms with Crippen LogP contribution in [0.5, 0.6) is 0 Å². The van der Waals surface area contributed by atoms with Gasteiger partial charge < -0.3 is 4.90 Å². The highest BCUT2D eigenvalue weighted by atomic mass is 79.9. The first-order valence-corrected chi connectivity index (χ1v) is 7.07. The van der Waals surface area contributed by atoms with E-state index < -0.39 is 0 Å². The van der Waals surface area contributed by atoms with Crippen LogP contribution in [-0.4, -0.2) is 23.2 Å². The second-order valence-corrected chi connectivity index (χ2v) is 4.96. The summed E-state index contributed by atoms with van der Waals surface area (Å²) in [5.41, 5.74) is 2.90. The number of alkyl halides is 2. The van der Waals surface area contributed by atoms with Crippen molar-refractivity contribution >= 4 is 54.5 Å². The Labute approximate surface area is 118 Å². The number of benzene rings is 1. The van der Waals surface area contributed by atoms with Gasteiger partial charge in [-0.15, -0.1) is 17.0 Å². The molecule has 1 unspecified atom stereocenters. The molecular formula is C11H14Br3N. The molecular weight excluding hydrogens is 386 g/mol. The molecule has 1 heterocycles. The number of para-hydroxylation sites is 1. The highest BCUT2D eigenvalue weighted by molar-refractivity contribution is 9.09. The van der Waals surface area contributed by atoms with Gasteiger partial charge in [0, 0.05) is 28.9 Å². The molecule has 1 nitrogen and oxygen atoms in total. The van der Waals surface area contributed by atoms with Gasteiger partial charge >= 0.3 is 0 Å². The highest BCUT2D eigenvalue weighted by Crippen LogP contribution is 2.32. The van der Waals surface area contributed by atoms with Crippen molar-refractivity contribution in [2.75, 3.05) is 22.1 Å². The van der Waals surface area contributed by atoms with Gasteiger partial charge in [-0.1, -0.05) is 50.1 Å². The minimum absolute atomic E-state index is 0. The molecule has 0 aromatic heterocycles. The van der Waals surface area contributed by atoms with Crippen LogP contribution in [0.1, 0.15) is 5.56 Å². The number of fused-ring (bicyclic) bond motifs is 1. The molecule has 0 saturated heterocycles. The number of halogens is 3. The molecule has 15 heavy (non-hydrogen) atoms. The zero-order valence-corrected chi connectivity index (χ0v) is 13.2. The lowest BCUT2D eigenvalue weighted by Gasteiger charge is -2.25. The molecule has 1 aromatic rings. The number of nitrogens with zero attached hydrogens (tertiary/aromatic N) is 1. The maximum atomic E-state index is 3.59. The number of hydrogen-bond donors (Lipinski definition) is 0. The Kier molecular flexibility index (Phi) is 5.64. The molecule has 0 N–H and O–H groups in total. The summed E-state index contributed by atoms with van der Waals surface area (Å²) in [6.45, 7) is 1.09. The van der Waals surface area contributed by atoms with E-state index in [2.05, 4.69) is 61.0 Å². The monoisotopic (exact) mass is 397 g/mol. The lowest BCUT2D eigenvalue weighted by molar-refractivity contribution is 0.707. The van der Waals surface area contributed by atoms with Crippen LogP contribution < -0.4 is 4.90 Å². The van der Waals surface area contributed by atoms with E-state index in [9.17, 15) is 0 Å². The van der Waals surface area contributed by atoms with Crippen LogP contribution in [0.4, 0.5) is 5.69 Å². The molecule has 1 aliphatic rings. The van der Waals surface area contributed by atoms with E-state index in [0.29, 0.717) is 6.04 Å². The topological polar surface area (TPSA) is 3.24 Å². The molecule has 0 spiro atoms. The third-order valence-corrected chi connectivity index (χ3v) is 3.80. The lowest BCUT2D eigenvalue weighted by Crippen LogP contribution is -2.34. The SMILES string of the molecule is Br.BrCCN1c2ccccc2CC1CBr. The van der Waals surface area contributed by atoms with Crippen LogP contribution in [-0.2, 0) is 6.42 Å². The van der Waals surface area contributed by atoms with Gasteiger partial charge in [0.2, 0.25) is 0 Å². The summed E-state index contributed by atoms with van der Waals surface area (Å²) in [6.07, 6.45) is 1.18. The molecule has 0 amide bonds. The Morgan fingerprint density at radius 2 is 2.00 bits per heavy atom. The van der Waals surface area contributed by atoms with Crippen LogP contribution in [0.25, 0.3) is 0 Å². The summed E-state index contributed by atoms with van der Waals surface area (Å²) in [5, 5.41) is 2.08. The number of anilines is 1. The quantitative estimate of drug-likeness (QED) is 0.699. The van der Waals surface area contributed by atoms with Gasteiger partial charge in [-0.05, 0) is 18.1 Å².